The van der Waals surface area contributed by atoms with E-state index in [1.807, 2.05) is 0 Å². The van der Waals surface area contributed by atoms with Crippen LogP contribution in [0.5, 0.6) is 0 Å². The van der Waals surface area contributed by atoms with Gasteiger partial charge in [0.25, 0.3) is 0 Å². The summed E-state index contributed by atoms with van der Waals surface area (Å²) in [7, 11) is 0. The Bertz CT molecular complexity index is 228. The second-order valence-electron chi connectivity index (χ2n) is 7.76. The van der Waals surface area contributed by atoms with Crippen LogP contribution in [0.2, 0.25) is 0 Å². The highest BCUT2D eigenvalue weighted by atomic mass is 14.9. The first-order chi connectivity index (χ1) is 8.96. The highest BCUT2D eigenvalue weighted by Gasteiger charge is 2.30. The molecule has 0 bridgehead atoms. The van der Waals surface area contributed by atoms with E-state index in [9.17, 15) is 0 Å². The molecule has 1 aliphatic rings. The molecule has 3 atom stereocenters. The molecule has 0 aromatic rings. The fraction of sp³-hybridized carbons (Fsp3) is 1.00. The smallest absolute Gasteiger partial charge is 0.00966 e. The van der Waals surface area contributed by atoms with E-state index in [0.717, 1.165) is 17.8 Å². The van der Waals surface area contributed by atoms with E-state index < -0.39 is 0 Å². The van der Waals surface area contributed by atoms with E-state index in [-0.39, 0.29) is 5.54 Å². The van der Waals surface area contributed by atoms with Crippen molar-refractivity contribution in [3.63, 3.8) is 0 Å². The van der Waals surface area contributed by atoms with Gasteiger partial charge in [-0.05, 0) is 57.9 Å². The van der Waals surface area contributed by atoms with Gasteiger partial charge in [-0.3, -0.25) is 0 Å². The van der Waals surface area contributed by atoms with Crippen LogP contribution in [-0.2, 0) is 0 Å². The summed E-state index contributed by atoms with van der Waals surface area (Å²) in [6, 6.07) is 0. The van der Waals surface area contributed by atoms with Gasteiger partial charge in [0.1, 0.15) is 0 Å². The van der Waals surface area contributed by atoms with Gasteiger partial charge < -0.3 is 5.32 Å². The molecule has 3 unspecified atom stereocenters. The Hall–Kier alpha value is -0.0400. The molecular formula is C18H37N. The van der Waals surface area contributed by atoms with Crippen molar-refractivity contribution in [3.05, 3.63) is 0 Å². The van der Waals surface area contributed by atoms with Crippen molar-refractivity contribution in [2.24, 2.45) is 17.8 Å². The molecule has 0 aromatic carbocycles. The monoisotopic (exact) mass is 267 g/mol. The topological polar surface area (TPSA) is 12.0 Å². The highest BCUT2D eigenvalue weighted by Crippen LogP contribution is 2.38. The lowest BCUT2D eigenvalue weighted by atomic mass is 9.71. The summed E-state index contributed by atoms with van der Waals surface area (Å²) in [5.74, 6) is 2.94. The number of hydrogen-bond donors (Lipinski definition) is 1. The molecule has 0 saturated heterocycles. The van der Waals surface area contributed by atoms with Crippen LogP contribution in [0.3, 0.4) is 0 Å². The molecule has 0 amide bonds. The molecule has 0 aromatic heterocycles. The van der Waals surface area contributed by atoms with Crippen molar-refractivity contribution in [1.82, 2.24) is 5.32 Å². The predicted molar refractivity (Wildman–Crippen MR) is 86.5 cm³/mol. The molecule has 1 nitrogen and oxygen atoms in total. The second kappa shape index (κ2) is 8.29. The molecule has 1 rings (SSSR count). The van der Waals surface area contributed by atoms with Crippen LogP contribution in [0.4, 0.5) is 0 Å². The Kier molecular flexibility index (Phi) is 7.42. The average Bonchev–Trinajstić information content (AvgIpc) is 2.34. The molecule has 0 heterocycles. The first-order valence-electron chi connectivity index (χ1n) is 8.71. The van der Waals surface area contributed by atoms with Crippen molar-refractivity contribution < 1.29 is 0 Å². The van der Waals surface area contributed by atoms with Gasteiger partial charge in [0.05, 0.1) is 0 Å². The van der Waals surface area contributed by atoms with Crippen LogP contribution in [-0.4, -0.2) is 12.1 Å². The summed E-state index contributed by atoms with van der Waals surface area (Å²) >= 11 is 0. The fourth-order valence-electron chi connectivity index (χ4n) is 3.62. The van der Waals surface area contributed by atoms with E-state index in [4.69, 9.17) is 0 Å². The molecule has 0 radical (unpaired) electrons. The third kappa shape index (κ3) is 6.79. The minimum absolute atomic E-state index is 0.273. The number of unbranched alkanes of at least 4 members (excludes halogenated alkanes) is 1. The molecular weight excluding hydrogens is 230 g/mol. The summed E-state index contributed by atoms with van der Waals surface area (Å²) < 4.78 is 0. The Morgan fingerprint density at radius 3 is 2.26 bits per heavy atom. The molecule has 114 valence electrons. The molecule has 1 N–H and O–H groups in total. The minimum Gasteiger partial charge on any atom is -0.312 e. The lowest BCUT2D eigenvalue weighted by molar-refractivity contribution is 0.150. The van der Waals surface area contributed by atoms with Crippen LogP contribution >= 0.6 is 0 Å². The first-order valence-corrected chi connectivity index (χ1v) is 8.71. The lowest BCUT2D eigenvalue weighted by Gasteiger charge is -2.38. The molecule has 1 heteroatoms. The third-order valence-electron chi connectivity index (χ3n) is 4.77. The van der Waals surface area contributed by atoms with Gasteiger partial charge in [0, 0.05) is 5.54 Å². The first kappa shape index (κ1) is 17.0. The van der Waals surface area contributed by atoms with Crippen LogP contribution in [0.1, 0.15) is 86.0 Å². The summed E-state index contributed by atoms with van der Waals surface area (Å²) in [4.78, 5) is 0. The van der Waals surface area contributed by atoms with Gasteiger partial charge in [-0.1, -0.05) is 52.4 Å². The fourth-order valence-corrected chi connectivity index (χ4v) is 3.62. The van der Waals surface area contributed by atoms with Crippen molar-refractivity contribution in [1.29, 1.82) is 0 Å². The van der Waals surface area contributed by atoms with Crippen LogP contribution in [0.25, 0.3) is 0 Å². The quantitative estimate of drug-likeness (QED) is 0.651. The van der Waals surface area contributed by atoms with Gasteiger partial charge in [0.2, 0.25) is 0 Å². The SMILES string of the molecule is CCCCC1CC(CCC)CCC1CNC(C)(C)C. The van der Waals surface area contributed by atoms with E-state index in [0.29, 0.717) is 0 Å². The maximum absolute atomic E-state index is 3.74. The molecule has 1 saturated carbocycles. The van der Waals surface area contributed by atoms with E-state index >= 15 is 0 Å². The lowest BCUT2D eigenvalue weighted by Crippen LogP contribution is -2.42. The highest BCUT2D eigenvalue weighted by molar-refractivity contribution is 4.83. The van der Waals surface area contributed by atoms with Crippen LogP contribution < -0.4 is 5.32 Å². The number of rotatable bonds is 7. The van der Waals surface area contributed by atoms with Crippen molar-refractivity contribution >= 4 is 0 Å². The average molecular weight is 268 g/mol. The van der Waals surface area contributed by atoms with E-state index in [1.165, 1.54) is 57.9 Å². The van der Waals surface area contributed by atoms with Gasteiger partial charge in [-0.25, -0.2) is 0 Å². The zero-order valence-corrected chi connectivity index (χ0v) is 14.1. The van der Waals surface area contributed by atoms with Crippen LogP contribution in [0.15, 0.2) is 0 Å². The summed E-state index contributed by atoms with van der Waals surface area (Å²) in [5, 5.41) is 3.74. The van der Waals surface area contributed by atoms with Crippen molar-refractivity contribution in [2.45, 2.75) is 91.5 Å². The number of nitrogens with one attached hydrogen (secondary N) is 1. The van der Waals surface area contributed by atoms with E-state index in [2.05, 4.69) is 39.9 Å². The third-order valence-corrected chi connectivity index (χ3v) is 4.77. The molecule has 1 aliphatic carbocycles. The Labute approximate surface area is 121 Å². The Balaban J connectivity index is 2.47. The maximum atomic E-state index is 3.74. The van der Waals surface area contributed by atoms with Gasteiger partial charge in [0.15, 0.2) is 0 Å². The second-order valence-corrected chi connectivity index (χ2v) is 7.76. The molecule has 0 spiro atoms. The summed E-state index contributed by atoms with van der Waals surface area (Å²) in [6.07, 6.45) is 11.5. The largest absolute Gasteiger partial charge is 0.312 e. The number of hydrogen-bond acceptors (Lipinski definition) is 1. The Morgan fingerprint density at radius 2 is 1.68 bits per heavy atom. The zero-order valence-electron chi connectivity index (χ0n) is 14.1. The predicted octanol–water partition coefficient (Wildman–Crippen LogP) is 5.40. The van der Waals surface area contributed by atoms with Crippen molar-refractivity contribution in [3.8, 4) is 0 Å². The standard InChI is InChI=1S/C18H37N/c1-6-8-10-16-13-15(9-7-2)11-12-17(16)14-19-18(3,4)5/h15-17,19H,6-14H2,1-5H3. The maximum Gasteiger partial charge on any atom is 0.00966 e. The van der Waals surface area contributed by atoms with Gasteiger partial charge in [-0.2, -0.15) is 0 Å². The summed E-state index contributed by atoms with van der Waals surface area (Å²) in [5.41, 5.74) is 0.273. The zero-order chi connectivity index (χ0) is 14.3. The Morgan fingerprint density at radius 1 is 0.947 bits per heavy atom. The summed E-state index contributed by atoms with van der Waals surface area (Å²) in [6.45, 7) is 12.8. The minimum atomic E-state index is 0.273. The molecule has 0 aliphatic heterocycles. The van der Waals surface area contributed by atoms with Crippen LogP contribution in [0, 0.1) is 17.8 Å². The van der Waals surface area contributed by atoms with Gasteiger partial charge >= 0.3 is 0 Å². The molecule has 19 heavy (non-hydrogen) atoms. The van der Waals surface area contributed by atoms with E-state index in [1.54, 1.807) is 0 Å². The van der Waals surface area contributed by atoms with Crippen molar-refractivity contribution in [2.75, 3.05) is 6.54 Å². The normalized spacial score (nSPS) is 28.6. The molecule has 1 fully saturated rings. The van der Waals surface area contributed by atoms with Gasteiger partial charge in [-0.15, -0.1) is 0 Å².